The number of rotatable bonds is 25. The van der Waals surface area contributed by atoms with Gasteiger partial charge in [0.2, 0.25) is 11.9 Å². The molecule has 2 aliphatic rings. The minimum atomic E-state index is -1.48. The van der Waals surface area contributed by atoms with Crippen molar-refractivity contribution in [3.8, 4) is 0 Å². The SMILES string of the molecule is CC(C)[C@@H](C)NC(=O)OC[C@@H]1[C@@H]2CCc3nnn(CCC[C@H](NC(=O)CC[C@H](CC(=O)CC[C@H](NC(=O)c4ccc(NCc5cnc6nc(N)[nH]c(=O)c6n5)cc4)C(=O)O)C(=O)O)C(=O)O)c3CC[C@@H]21. The van der Waals surface area contributed by atoms with Gasteiger partial charge in [-0.15, -0.1) is 5.10 Å². The summed E-state index contributed by atoms with van der Waals surface area (Å²) in [5.74, 6) is -6.02. The van der Waals surface area contributed by atoms with Crippen molar-refractivity contribution in [1.29, 1.82) is 0 Å². The van der Waals surface area contributed by atoms with Crippen LogP contribution in [0.15, 0.2) is 35.3 Å². The lowest BCUT2D eigenvalue weighted by Crippen LogP contribution is -2.41. The highest BCUT2D eigenvalue weighted by atomic mass is 16.5. The topological polar surface area (TPSA) is 366 Å². The van der Waals surface area contributed by atoms with Crippen molar-refractivity contribution in [2.24, 2.45) is 29.6 Å². The Labute approximate surface area is 401 Å². The summed E-state index contributed by atoms with van der Waals surface area (Å²) >= 11 is 0. The average Bonchev–Trinajstić information content (AvgIpc) is 3.82. The van der Waals surface area contributed by atoms with Crippen LogP contribution in [0, 0.1) is 29.6 Å². The van der Waals surface area contributed by atoms with Crippen LogP contribution in [0.25, 0.3) is 11.2 Å². The number of carbonyl (C=O) groups is 7. The number of ether oxygens (including phenoxy) is 1. The number of ketones is 1. The van der Waals surface area contributed by atoms with Gasteiger partial charge in [0.25, 0.3) is 11.5 Å². The number of hydrogen-bond donors (Lipinski definition) is 9. The third-order valence-corrected chi connectivity index (χ3v) is 13.1. The van der Waals surface area contributed by atoms with Crippen molar-refractivity contribution in [3.05, 3.63) is 63.5 Å². The van der Waals surface area contributed by atoms with E-state index in [0.29, 0.717) is 54.6 Å². The second-order valence-corrected chi connectivity index (χ2v) is 18.3. The number of carboxylic acids is 3. The van der Waals surface area contributed by atoms with E-state index in [2.05, 4.69) is 51.5 Å². The zero-order chi connectivity index (χ0) is 50.6. The number of aryl methyl sites for hydroxylation is 2. The molecule has 70 heavy (non-hydrogen) atoms. The van der Waals surface area contributed by atoms with Crippen LogP contribution < -0.4 is 32.6 Å². The van der Waals surface area contributed by atoms with Gasteiger partial charge in [-0.1, -0.05) is 19.1 Å². The van der Waals surface area contributed by atoms with Gasteiger partial charge in [0.15, 0.2) is 11.2 Å². The average molecular weight is 973 g/mol. The van der Waals surface area contributed by atoms with Crippen LogP contribution in [0.4, 0.5) is 16.4 Å². The third kappa shape index (κ3) is 14.3. The molecular weight excluding hydrogens is 913 g/mol. The van der Waals surface area contributed by atoms with Crippen molar-refractivity contribution in [2.45, 2.75) is 123 Å². The lowest BCUT2D eigenvalue weighted by atomic mass is 9.94. The summed E-state index contributed by atoms with van der Waals surface area (Å²) in [4.78, 5) is 114. The maximum atomic E-state index is 13.0. The van der Waals surface area contributed by atoms with E-state index in [9.17, 15) is 53.7 Å². The summed E-state index contributed by atoms with van der Waals surface area (Å²) in [5.41, 5.74) is 8.08. The number of amides is 3. The maximum absolute atomic E-state index is 13.0. The van der Waals surface area contributed by atoms with Crippen LogP contribution in [0.5, 0.6) is 0 Å². The minimum absolute atomic E-state index is 0.00679. The van der Waals surface area contributed by atoms with Gasteiger partial charge in [0.1, 0.15) is 17.9 Å². The predicted molar refractivity (Wildman–Crippen MR) is 249 cm³/mol. The number of nitrogens with two attached hydrogens (primary N) is 1. The normalized spacial score (nSPS) is 17.9. The van der Waals surface area contributed by atoms with E-state index < -0.39 is 71.6 Å². The highest BCUT2D eigenvalue weighted by molar-refractivity contribution is 5.97. The molecule has 1 saturated carbocycles. The molecule has 0 aliphatic heterocycles. The summed E-state index contributed by atoms with van der Waals surface area (Å²) in [6.45, 7) is 6.89. The molecule has 24 heteroatoms. The summed E-state index contributed by atoms with van der Waals surface area (Å²) in [7, 11) is 0. The Morgan fingerprint density at radius 2 is 1.57 bits per heavy atom. The molecule has 10 N–H and O–H groups in total. The van der Waals surface area contributed by atoms with Crippen LogP contribution >= 0.6 is 0 Å². The number of carboxylic acid groups (broad SMARTS) is 3. The molecule has 7 atom stereocenters. The van der Waals surface area contributed by atoms with E-state index in [1.807, 2.05) is 20.8 Å². The summed E-state index contributed by atoms with van der Waals surface area (Å²) < 4.78 is 7.32. The zero-order valence-corrected chi connectivity index (χ0v) is 39.2. The van der Waals surface area contributed by atoms with Crippen molar-refractivity contribution in [1.82, 2.24) is 50.9 Å². The second kappa shape index (κ2) is 23.7. The number of nitrogen functional groups attached to an aromatic ring is 1. The number of aliphatic carboxylic acids is 3. The van der Waals surface area contributed by atoms with Crippen LogP contribution in [0.3, 0.4) is 0 Å². The number of anilines is 2. The van der Waals surface area contributed by atoms with Crippen LogP contribution in [0.2, 0.25) is 0 Å². The third-order valence-electron chi connectivity index (χ3n) is 13.1. The molecule has 0 spiro atoms. The Balaban J connectivity index is 0.896. The number of Topliss-reactive ketones (excluding diaryl/α,β-unsaturated/α-hetero) is 1. The minimum Gasteiger partial charge on any atom is -0.481 e. The van der Waals surface area contributed by atoms with Gasteiger partial charge in [-0.2, -0.15) is 4.98 Å². The number of hydrogen-bond acceptors (Lipinski definition) is 16. The van der Waals surface area contributed by atoms with Crippen molar-refractivity contribution in [2.75, 3.05) is 17.7 Å². The first-order valence-electron chi connectivity index (χ1n) is 23.4. The Kier molecular flexibility index (Phi) is 17.5. The van der Waals surface area contributed by atoms with E-state index in [0.717, 1.165) is 37.1 Å². The number of carbonyl (C=O) groups excluding carboxylic acids is 4. The lowest BCUT2D eigenvalue weighted by Gasteiger charge is -2.17. The Hall–Kier alpha value is -7.53. The fourth-order valence-corrected chi connectivity index (χ4v) is 8.57. The molecule has 0 bridgehead atoms. The number of aromatic nitrogens is 7. The van der Waals surface area contributed by atoms with Gasteiger partial charge in [0, 0.05) is 43.1 Å². The van der Waals surface area contributed by atoms with Crippen LogP contribution in [-0.2, 0) is 54.6 Å². The molecule has 0 unspecified atom stereocenters. The molecule has 6 rings (SSSR count). The largest absolute Gasteiger partial charge is 0.481 e. The quantitative estimate of drug-likeness (QED) is 0.0460. The molecule has 3 aromatic heterocycles. The summed E-state index contributed by atoms with van der Waals surface area (Å²) in [6.07, 6.45) is 2.77. The molecule has 24 nitrogen and oxygen atoms in total. The maximum Gasteiger partial charge on any atom is 0.407 e. The standard InChI is InChI=1S/C46H60N12O12/c1-23(2)24(3)50-46(69)70-22-32-30-12-15-33-36(16-13-31(30)32)58(57-56-33)18-4-5-34(43(65)66)52-37(60)17-8-26(42(63)64)19-29(59)11-14-35(44(67)68)53-40(61)25-6-9-27(10-7-25)48-20-28-21-49-39-38(51-28)41(62)55-45(47)54-39/h6-7,9-10,21,23-24,26,30-32,34-35,48H,4-5,8,11-20,22H2,1-3H3,(H,50,69)(H,52,60)(H,53,61)(H,63,64)(H,65,66)(H,67,68)(H3,47,49,54,55,62)/t24-,26-,30-,31+,32-,34+,35+/m1/s1. The first-order chi connectivity index (χ1) is 33.4. The number of benzene rings is 1. The Morgan fingerprint density at radius 1 is 0.871 bits per heavy atom. The van der Waals surface area contributed by atoms with E-state index in [-0.39, 0.29) is 67.4 Å². The van der Waals surface area contributed by atoms with Crippen molar-refractivity contribution in [3.63, 3.8) is 0 Å². The zero-order valence-electron chi connectivity index (χ0n) is 39.2. The molecule has 2 aliphatic carbocycles. The molecule has 0 radical (unpaired) electrons. The fourth-order valence-electron chi connectivity index (χ4n) is 8.57. The number of aromatic amines is 1. The van der Waals surface area contributed by atoms with Crippen LogP contribution in [0.1, 0.15) is 106 Å². The molecule has 4 aromatic rings. The smallest absolute Gasteiger partial charge is 0.407 e. The number of nitrogens with zero attached hydrogens (tertiary/aromatic N) is 6. The van der Waals surface area contributed by atoms with Gasteiger partial charge < -0.3 is 47.1 Å². The summed E-state index contributed by atoms with van der Waals surface area (Å²) in [5, 5.41) is 49.0. The second-order valence-electron chi connectivity index (χ2n) is 18.3. The monoisotopic (exact) mass is 972 g/mol. The van der Waals surface area contributed by atoms with Gasteiger partial charge >= 0.3 is 24.0 Å². The first kappa shape index (κ1) is 51.9. The Morgan fingerprint density at radius 3 is 2.26 bits per heavy atom. The van der Waals surface area contributed by atoms with E-state index in [1.165, 1.54) is 18.3 Å². The first-order valence-corrected chi connectivity index (χ1v) is 23.4. The number of fused-ring (bicyclic) bond motifs is 3. The van der Waals surface area contributed by atoms with E-state index >= 15 is 0 Å². The van der Waals surface area contributed by atoms with Crippen molar-refractivity contribution < 1.29 is 53.6 Å². The number of nitrogens with one attached hydrogen (secondary N) is 5. The molecule has 3 amide bonds. The van der Waals surface area contributed by atoms with Gasteiger partial charge in [-0.25, -0.2) is 29.0 Å². The highest BCUT2D eigenvalue weighted by Gasteiger charge is 2.50. The highest BCUT2D eigenvalue weighted by Crippen LogP contribution is 2.53. The fraction of sp³-hybridized carbons (Fsp3) is 0.543. The number of alkyl carbamates (subject to hydrolysis) is 1. The van der Waals surface area contributed by atoms with Crippen molar-refractivity contribution >= 4 is 64.4 Å². The van der Waals surface area contributed by atoms with E-state index in [4.69, 9.17) is 10.5 Å². The molecular formula is C46H60N12O12. The van der Waals surface area contributed by atoms with Crippen LogP contribution in [-0.4, -0.2) is 117 Å². The molecule has 376 valence electrons. The van der Waals surface area contributed by atoms with Gasteiger partial charge in [0.05, 0.1) is 42.3 Å². The van der Waals surface area contributed by atoms with E-state index in [1.54, 1.807) is 16.8 Å². The lowest BCUT2D eigenvalue weighted by molar-refractivity contribution is -0.145. The number of H-pyrrole nitrogens is 1. The van der Waals surface area contributed by atoms with Gasteiger partial charge in [-0.05, 0) is 106 Å². The molecule has 0 saturated heterocycles. The molecule has 3 heterocycles. The van der Waals surface area contributed by atoms with Gasteiger partial charge in [-0.3, -0.25) is 29.0 Å². The predicted octanol–water partition coefficient (Wildman–Crippen LogP) is 2.46. The Bertz CT molecular complexity index is 2620. The molecule has 1 fully saturated rings. The summed E-state index contributed by atoms with van der Waals surface area (Å²) in [6, 6.07) is 3.28. The molecule has 1 aromatic carbocycles.